The molecular weight excluding hydrogens is 286 g/mol. The van der Waals surface area contributed by atoms with Crippen LogP contribution < -0.4 is 0 Å². The maximum absolute atomic E-state index is 13.4. The molecule has 3 nitrogen and oxygen atoms in total. The van der Waals surface area contributed by atoms with Crippen molar-refractivity contribution in [1.82, 2.24) is 10.1 Å². The van der Waals surface area contributed by atoms with Gasteiger partial charge in [0.1, 0.15) is 0 Å². The number of halogens is 2. The van der Waals surface area contributed by atoms with Gasteiger partial charge in [-0.15, -0.1) is 0 Å². The molecule has 1 aromatic carbocycles. The first-order valence-corrected chi connectivity index (χ1v) is 7.72. The van der Waals surface area contributed by atoms with E-state index >= 15 is 0 Å². The van der Waals surface area contributed by atoms with E-state index in [4.69, 9.17) is 4.52 Å². The van der Waals surface area contributed by atoms with Crippen LogP contribution in [0.3, 0.4) is 0 Å². The highest BCUT2D eigenvalue weighted by molar-refractivity contribution is 5.25. The van der Waals surface area contributed by atoms with Crippen LogP contribution in [0.5, 0.6) is 0 Å². The van der Waals surface area contributed by atoms with E-state index in [1.165, 1.54) is 0 Å². The Morgan fingerprint density at radius 3 is 2.55 bits per heavy atom. The molecule has 0 radical (unpaired) electrons. The molecule has 0 N–H and O–H groups in total. The summed E-state index contributed by atoms with van der Waals surface area (Å²) in [6.07, 6.45) is 0.154. The molecule has 2 atom stereocenters. The predicted molar refractivity (Wildman–Crippen MR) is 79.0 cm³/mol. The Kier molecular flexibility index (Phi) is 3.98. The van der Waals surface area contributed by atoms with Gasteiger partial charge in [0, 0.05) is 18.8 Å². The van der Waals surface area contributed by atoms with Gasteiger partial charge in [0.15, 0.2) is 5.82 Å². The average Bonchev–Trinajstić information content (AvgIpc) is 3.06. The molecule has 2 aromatic rings. The Hall–Kier alpha value is -1.78. The molecule has 0 bridgehead atoms. The first-order chi connectivity index (χ1) is 10.5. The first kappa shape index (κ1) is 15.1. The van der Waals surface area contributed by atoms with Crippen LogP contribution in [-0.4, -0.2) is 16.1 Å². The van der Waals surface area contributed by atoms with Crippen LogP contribution in [0, 0.1) is 5.92 Å². The van der Waals surface area contributed by atoms with E-state index in [9.17, 15) is 8.78 Å². The monoisotopic (exact) mass is 306 g/mol. The third kappa shape index (κ3) is 3.03. The standard InChI is InChI=1S/C17H20F2N2O/c1-11(2)14(12-6-4-3-5-7-12)16-20-15(21-22-16)13-8-9-17(18,19)10-13/h3-7,11,13-14H,8-10H2,1-2H3. The van der Waals surface area contributed by atoms with E-state index in [-0.39, 0.29) is 30.6 Å². The van der Waals surface area contributed by atoms with Gasteiger partial charge < -0.3 is 4.52 Å². The summed E-state index contributed by atoms with van der Waals surface area (Å²) in [4.78, 5) is 4.44. The number of hydrogen-bond donors (Lipinski definition) is 0. The number of rotatable bonds is 4. The number of alkyl halides is 2. The van der Waals surface area contributed by atoms with Gasteiger partial charge in [-0.3, -0.25) is 0 Å². The second-order valence-corrected chi connectivity index (χ2v) is 6.42. The molecule has 1 heterocycles. The Morgan fingerprint density at radius 1 is 1.23 bits per heavy atom. The van der Waals surface area contributed by atoms with Crippen molar-refractivity contribution in [2.75, 3.05) is 0 Å². The van der Waals surface area contributed by atoms with Crippen LogP contribution >= 0.6 is 0 Å². The Balaban J connectivity index is 1.85. The van der Waals surface area contributed by atoms with Crippen LogP contribution in [0.4, 0.5) is 8.78 Å². The largest absolute Gasteiger partial charge is 0.339 e. The molecular formula is C17H20F2N2O. The molecule has 0 saturated heterocycles. The molecule has 1 fully saturated rings. The normalized spacial score (nSPS) is 22.1. The van der Waals surface area contributed by atoms with Gasteiger partial charge in [0.2, 0.25) is 11.8 Å². The fourth-order valence-corrected chi connectivity index (χ4v) is 3.18. The van der Waals surface area contributed by atoms with Crippen LogP contribution in [0.1, 0.15) is 62.2 Å². The quantitative estimate of drug-likeness (QED) is 0.817. The zero-order valence-corrected chi connectivity index (χ0v) is 12.8. The number of hydrogen-bond acceptors (Lipinski definition) is 3. The lowest BCUT2D eigenvalue weighted by molar-refractivity contribution is 0.00749. The van der Waals surface area contributed by atoms with Crippen molar-refractivity contribution in [3.63, 3.8) is 0 Å². The fraction of sp³-hybridized carbons (Fsp3) is 0.529. The van der Waals surface area contributed by atoms with Crippen molar-refractivity contribution in [2.24, 2.45) is 5.92 Å². The fourth-order valence-electron chi connectivity index (χ4n) is 3.18. The van der Waals surface area contributed by atoms with Crippen LogP contribution in [0.15, 0.2) is 34.9 Å². The Bertz CT molecular complexity index is 625. The lowest BCUT2D eigenvalue weighted by Gasteiger charge is -2.16. The SMILES string of the molecule is CC(C)C(c1ccccc1)c1nc(C2CCC(F)(F)C2)no1. The minimum atomic E-state index is -2.59. The van der Waals surface area contributed by atoms with Gasteiger partial charge in [-0.05, 0) is 17.9 Å². The van der Waals surface area contributed by atoms with Crippen molar-refractivity contribution in [3.05, 3.63) is 47.6 Å². The zero-order valence-electron chi connectivity index (χ0n) is 12.8. The van der Waals surface area contributed by atoms with Gasteiger partial charge in [0.05, 0.1) is 5.92 Å². The summed E-state index contributed by atoms with van der Waals surface area (Å²) < 4.78 is 32.1. The molecule has 0 amide bonds. The highest BCUT2D eigenvalue weighted by Crippen LogP contribution is 2.43. The summed E-state index contributed by atoms with van der Waals surface area (Å²) in [6.45, 7) is 4.18. The Morgan fingerprint density at radius 2 is 1.95 bits per heavy atom. The highest BCUT2D eigenvalue weighted by atomic mass is 19.3. The van der Waals surface area contributed by atoms with Crippen molar-refractivity contribution < 1.29 is 13.3 Å². The third-order valence-electron chi connectivity index (χ3n) is 4.32. The van der Waals surface area contributed by atoms with Gasteiger partial charge in [-0.25, -0.2) is 8.78 Å². The number of benzene rings is 1. The summed E-state index contributed by atoms with van der Waals surface area (Å²) in [5.74, 6) is -1.68. The van der Waals surface area contributed by atoms with Gasteiger partial charge >= 0.3 is 0 Å². The molecule has 5 heteroatoms. The van der Waals surface area contributed by atoms with Crippen LogP contribution in [0.25, 0.3) is 0 Å². The maximum Gasteiger partial charge on any atom is 0.248 e. The molecule has 1 aliphatic carbocycles. The lowest BCUT2D eigenvalue weighted by atomic mass is 9.88. The molecule has 1 aromatic heterocycles. The molecule has 118 valence electrons. The summed E-state index contributed by atoms with van der Waals surface area (Å²) in [5.41, 5.74) is 1.10. The maximum atomic E-state index is 13.4. The van der Waals surface area contributed by atoms with E-state index in [1.807, 2.05) is 30.3 Å². The van der Waals surface area contributed by atoms with Gasteiger partial charge in [-0.1, -0.05) is 49.3 Å². The van der Waals surface area contributed by atoms with Crippen molar-refractivity contribution in [1.29, 1.82) is 0 Å². The molecule has 0 spiro atoms. The molecule has 1 saturated carbocycles. The van der Waals surface area contributed by atoms with E-state index in [1.54, 1.807) is 0 Å². The molecule has 1 aliphatic rings. The van der Waals surface area contributed by atoms with Crippen LogP contribution in [-0.2, 0) is 0 Å². The average molecular weight is 306 g/mol. The Labute approximate surface area is 128 Å². The summed E-state index contributed by atoms with van der Waals surface area (Å²) in [5, 5.41) is 3.97. The van der Waals surface area contributed by atoms with Crippen LogP contribution in [0.2, 0.25) is 0 Å². The topological polar surface area (TPSA) is 38.9 Å². The second-order valence-electron chi connectivity index (χ2n) is 6.42. The van der Waals surface area contributed by atoms with E-state index < -0.39 is 5.92 Å². The smallest absolute Gasteiger partial charge is 0.248 e. The molecule has 2 unspecified atom stereocenters. The van der Waals surface area contributed by atoms with E-state index in [2.05, 4.69) is 24.0 Å². The van der Waals surface area contributed by atoms with Crippen molar-refractivity contribution in [2.45, 2.75) is 50.9 Å². The van der Waals surface area contributed by atoms with Gasteiger partial charge in [-0.2, -0.15) is 4.98 Å². The third-order valence-corrected chi connectivity index (χ3v) is 4.32. The predicted octanol–water partition coefficient (Wildman–Crippen LogP) is 4.76. The molecule has 3 rings (SSSR count). The van der Waals surface area contributed by atoms with E-state index in [0.717, 1.165) is 5.56 Å². The number of nitrogens with zero attached hydrogens (tertiary/aromatic N) is 2. The molecule has 0 aliphatic heterocycles. The minimum absolute atomic E-state index is 0.00985. The van der Waals surface area contributed by atoms with Crippen molar-refractivity contribution in [3.8, 4) is 0 Å². The summed E-state index contributed by atoms with van der Waals surface area (Å²) in [7, 11) is 0. The van der Waals surface area contributed by atoms with Crippen molar-refractivity contribution >= 4 is 0 Å². The van der Waals surface area contributed by atoms with Gasteiger partial charge in [0.25, 0.3) is 0 Å². The summed E-state index contributed by atoms with van der Waals surface area (Å²) in [6, 6.07) is 9.95. The van der Waals surface area contributed by atoms with E-state index in [0.29, 0.717) is 18.1 Å². The minimum Gasteiger partial charge on any atom is -0.339 e. The first-order valence-electron chi connectivity index (χ1n) is 7.72. The lowest BCUT2D eigenvalue weighted by Crippen LogP contribution is -2.10. The zero-order chi connectivity index (χ0) is 15.7. The highest BCUT2D eigenvalue weighted by Gasteiger charge is 2.42. The summed E-state index contributed by atoms with van der Waals surface area (Å²) >= 11 is 0. The molecule has 22 heavy (non-hydrogen) atoms. The number of aromatic nitrogens is 2. The second kappa shape index (κ2) is 5.78.